The zero-order valence-electron chi connectivity index (χ0n) is 15.2. The maximum absolute atomic E-state index is 12.7. The average molecular weight is 382 g/mol. The number of nitro groups is 1. The minimum Gasteiger partial charge on any atom is -0.335 e. The lowest BCUT2D eigenvalue weighted by molar-refractivity contribution is -0.384. The summed E-state index contributed by atoms with van der Waals surface area (Å²) in [5.74, 6) is 0.920. The van der Waals surface area contributed by atoms with Crippen molar-refractivity contribution in [2.45, 2.75) is 32.7 Å². The van der Waals surface area contributed by atoms with E-state index in [1.54, 1.807) is 17.0 Å². The van der Waals surface area contributed by atoms with Crippen LogP contribution in [0.15, 0.2) is 36.9 Å². The van der Waals surface area contributed by atoms with Crippen LogP contribution in [0.3, 0.4) is 0 Å². The lowest BCUT2D eigenvalue weighted by atomic mass is 9.85. The van der Waals surface area contributed by atoms with Crippen LogP contribution in [0.2, 0.25) is 0 Å². The summed E-state index contributed by atoms with van der Waals surface area (Å²) >= 11 is 0. The predicted molar refractivity (Wildman–Crippen MR) is 105 cm³/mol. The molecule has 0 aromatic heterocycles. The zero-order chi connectivity index (χ0) is 18.2. The quantitative estimate of drug-likeness (QED) is 0.424. The molecule has 2 rings (SSSR count). The molecule has 144 valence electrons. The molecule has 0 spiro atoms. The highest BCUT2D eigenvalue weighted by Crippen LogP contribution is 2.24. The van der Waals surface area contributed by atoms with Gasteiger partial charge in [-0.2, -0.15) is 0 Å². The Balaban J connectivity index is 0.00000338. The Morgan fingerprint density at radius 3 is 2.92 bits per heavy atom. The molecule has 0 radical (unpaired) electrons. The molecule has 1 aliphatic rings. The number of nitro benzene ring substituents is 1. The molecule has 0 aliphatic carbocycles. The van der Waals surface area contributed by atoms with Crippen LogP contribution in [0.5, 0.6) is 0 Å². The number of hydrogen-bond donors (Lipinski definition) is 1. The van der Waals surface area contributed by atoms with Gasteiger partial charge in [0.1, 0.15) is 0 Å². The molecule has 1 N–H and O–H groups in total. The SMILES string of the molecule is C=CCN(Cc1cccc([N+](=O)[O-])c1)C(=O)CC(C)C1CCCNC1.Cl. The Morgan fingerprint density at radius 2 is 2.31 bits per heavy atom. The van der Waals surface area contributed by atoms with Crippen LogP contribution in [0.1, 0.15) is 31.7 Å². The molecule has 0 bridgehead atoms. The van der Waals surface area contributed by atoms with Gasteiger partial charge in [0.2, 0.25) is 5.91 Å². The van der Waals surface area contributed by atoms with Crippen molar-refractivity contribution in [2.75, 3.05) is 19.6 Å². The van der Waals surface area contributed by atoms with E-state index in [0.29, 0.717) is 31.3 Å². The zero-order valence-corrected chi connectivity index (χ0v) is 16.0. The van der Waals surface area contributed by atoms with Crippen LogP contribution in [0.4, 0.5) is 5.69 Å². The summed E-state index contributed by atoms with van der Waals surface area (Å²) in [5, 5.41) is 14.3. The number of rotatable bonds is 8. The van der Waals surface area contributed by atoms with Gasteiger partial charge in [0, 0.05) is 31.6 Å². The Kier molecular flexibility index (Phi) is 9.30. The Bertz CT molecular complexity index is 618. The third-order valence-corrected chi connectivity index (χ3v) is 4.83. The van der Waals surface area contributed by atoms with E-state index >= 15 is 0 Å². The molecule has 1 heterocycles. The van der Waals surface area contributed by atoms with Gasteiger partial charge < -0.3 is 10.2 Å². The van der Waals surface area contributed by atoms with Gasteiger partial charge in [-0.3, -0.25) is 14.9 Å². The molecule has 1 aromatic carbocycles. The maximum atomic E-state index is 12.7. The van der Waals surface area contributed by atoms with Gasteiger partial charge in [-0.15, -0.1) is 19.0 Å². The lowest BCUT2D eigenvalue weighted by Crippen LogP contribution is -2.37. The van der Waals surface area contributed by atoms with Crippen molar-refractivity contribution in [3.63, 3.8) is 0 Å². The fourth-order valence-corrected chi connectivity index (χ4v) is 3.33. The molecule has 1 amide bonds. The van der Waals surface area contributed by atoms with E-state index in [-0.39, 0.29) is 24.0 Å². The van der Waals surface area contributed by atoms with Crippen LogP contribution >= 0.6 is 12.4 Å². The van der Waals surface area contributed by atoms with Crippen LogP contribution in [-0.4, -0.2) is 35.4 Å². The molecule has 1 saturated heterocycles. The Labute approximate surface area is 161 Å². The summed E-state index contributed by atoms with van der Waals surface area (Å²) in [6.07, 6.45) is 4.51. The molecule has 1 aliphatic heterocycles. The van der Waals surface area contributed by atoms with E-state index < -0.39 is 4.92 Å². The second-order valence-corrected chi connectivity index (χ2v) is 6.78. The summed E-state index contributed by atoms with van der Waals surface area (Å²) in [6.45, 7) is 8.70. The van der Waals surface area contributed by atoms with Crippen LogP contribution in [0, 0.1) is 22.0 Å². The van der Waals surface area contributed by atoms with Crippen molar-refractivity contribution >= 4 is 24.0 Å². The minimum absolute atomic E-state index is 0. The van der Waals surface area contributed by atoms with Crippen molar-refractivity contribution < 1.29 is 9.72 Å². The van der Waals surface area contributed by atoms with Gasteiger partial charge in [0.15, 0.2) is 0 Å². The number of benzene rings is 1. The summed E-state index contributed by atoms with van der Waals surface area (Å²) < 4.78 is 0. The molecule has 2 atom stereocenters. The summed E-state index contributed by atoms with van der Waals surface area (Å²) in [4.78, 5) is 25.0. The molecule has 26 heavy (non-hydrogen) atoms. The average Bonchev–Trinajstić information content (AvgIpc) is 2.62. The number of amides is 1. The number of nitrogens with zero attached hydrogens (tertiary/aromatic N) is 2. The minimum atomic E-state index is -0.415. The van der Waals surface area contributed by atoms with E-state index in [1.807, 2.05) is 6.07 Å². The van der Waals surface area contributed by atoms with Crippen LogP contribution in [-0.2, 0) is 11.3 Å². The first-order valence-electron chi connectivity index (χ1n) is 8.84. The van der Waals surface area contributed by atoms with Gasteiger partial charge >= 0.3 is 0 Å². The van der Waals surface area contributed by atoms with Crippen molar-refractivity contribution in [1.82, 2.24) is 10.2 Å². The Morgan fingerprint density at radius 1 is 1.54 bits per heavy atom. The Hall–Kier alpha value is -1.92. The fourth-order valence-electron chi connectivity index (χ4n) is 3.33. The standard InChI is InChI=1S/C19H27N3O3.ClH/c1-3-10-21(14-16-6-4-8-18(12-16)22(24)25)19(23)11-15(2)17-7-5-9-20-13-17;/h3-4,6,8,12,15,17,20H,1,5,7,9-11,13-14H2,2H3;1H. The molecule has 6 nitrogen and oxygen atoms in total. The molecule has 2 unspecified atom stereocenters. The van der Waals surface area contributed by atoms with Crippen molar-refractivity contribution in [3.8, 4) is 0 Å². The first kappa shape index (κ1) is 22.1. The number of carbonyl (C=O) groups is 1. The normalized spacial score (nSPS) is 17.7. The van der Waals surface area contributed by atoms with E-state index in [4.69, 9.17) is 0 Å². The van der Waals surface area contributed by atoms with E-state index in [9.17, 15) is 14.9 Å². The number of carbonyl (C=O) groups excluding carboxylic acids is 1. The highest BCUT2D eigenvalue weighted by molar-refractivity contribution is 5.85. The van der Waals surface area contributed by atoms with Gasteiger partial charge in [-0.25, -0.2) is 0 Å². The number of non-ortho nitro benzene ring substituents is 1. The largest absolute Gasteiger partial charge is 0.335 e. The highest BCUT2D eigenvalue weighted by Gasteiger charge is 2.24. The highest BCUT2D eigenvalue weighted by atomic mass is 35.5. The second-order valence-electron chi connectivity index (χ2n) is 6.78. The molecule has 1 aromatic rings. The van der Waals surface area contributed by atoms with E-state index in [0.717, 1.165) is 31.5 Å². The second kappa shape index (κ2) is 10.9. The van der Waals surface area contributed by atoms with Crippen LogP contribution < -0.4 is 5.32 Å². The predicted octanol–water partition coefficient (Wildman–Crippen LogP) is 3.56. The summed E-state index contributed by atoms with van der Waals surface area (Å²) in [7, 11) is 0. The van der Waals surface area contributed by atoms with E-state index in [2.05, 4.69) is 18.8 Å². The number of nitrogens with one attached hydrogen (secondary N) is 1. The smallest absolute Gasteiger partial charge is 0.269 e. The van der Waals surface area contributed by atoms with Crippen molar-refractivity contribution in [2.24, 2.45) is 11.8 Å². The molecular weight excluding hydrogens is 354 g/mol. The molecule has 7 heteroatoms. The lowest BCUT2D eigenvalue weighted by Gasteiger charge is -2.30. The van der Waals surface area contributed by atoms with Gasteiger partial charge in [0.25, 0.3) is 5.69 Å². The maximum Gasteiger partial charge on any atom is 0.269 e. The number of piperidine rings is 1. The van der Waals surface area contributed by atoms with Gasteiger partial charge in [-0.05, 0) is 43.3 Å². The third kappa shape index (κ3) is 6.42. The van der Waals surface area contributed by atoms with Gasteiger partial charge in [0.05, 0.1) is 4.92 Å². The first-order valence-corrected chi connectivity index (χ1v) is 8.84. The molecular formula is C19H28ClN3O3. The summed E-state index contributed by atoms with van der Waals surface area (Å²) in [5.41, 5.74) is 0.807. The summed E-state index contributed by atoms with van der Waals surface area (Å²) in [6, 6.07) is 6.45. The molecule has 1 fully saturated rings. The third-order valence-electron chi connectivity index (χ3n) is 4.83. The van der Waals surface area contributed by atoms with Crippen molar-refractivity contribution in [1.29, 1.82) is 0 Å². The fraction of sp³-hybridized carbons (Fsp3) is 0.526. The van der Waals surface area contributed by atoms with Crippen molar-refractivity contribution in [3.05, 3.63) is 52.6 Å². The topological polar surface area (TPSA) is 75.5 Å². The number of hydrogen-bond acceptors (Lipinski definition) is 4. The van der Waals surface area contributed by atoms with E-state index in [1.165, 1.54) is 12.1 Å². The van der Waals surface area contributed by atoms with Crippen LogP contribution in [0.25, 0.3) is 0 Å². The monoisotopic (exact) mass is 381 g/mol. The first-order chi connectivity index (χ1) is 12.0. The van der Waals surface area contributed by atoms with Gasteiger partial charge in [-0.1, -0.05) is 25.1 Å². The number of halogens is 1. The molecule has 0 saturated carbocycles.